The van der Waals surface area contributed by atoms with Crippen molar-refractivity contribution in [2.45, 2.75) is 24.7 Å². The molecule has 2 aromatic rings. The van der Waals surface area contributed by atoms with Crippen molar-refractivity contribution in [1.29, 1.82) is 0 Å². The van der Waals surface area contributed by atoms with Crippen LogP contribution >= 0.6 is 0 Å². The number of nitrogens with one attached hydrogen (secondary N) is 1. The lowest BCUT2D eigenvalue weighted by Gasteiger charge is -2.21. The molecule has 1 aliphatic heterocycles. The van der Waals surface area contributed by atoms with Gasteiger partial charge in [0.1, 0.15) is 5.82 Å². The van der Waals surface area contributed by atoms with Crippen molar-refractivity contribution in [3.8, 4) is 0 Å². The Morgan fingerprint density at radius 1 is 1.15 bits per heavy atom. The zero-order valence-corrected chi connectivity index (χ0v) is 15.7. The van der Waals surface area contributed by atoms with Gasteiger partial charge in [-0.1, -0.05) is 17.7 Å². The van der Waals surface area contributed by atoms with Crippen molar-refractivity contribution in [3.63, 3.8) is 0 Å². The first-order chi connectivity index (χ1) is 12.4. The summed E-state index contributed by atoms with van der Waals surface area (Å²) in [5.74, 6) is 0.394. The monoisotopic (exact) mass is 374 g/mol. The van der Waals surface area contributed by atoms with Gasteiger partial charge in [-0.05, 0) is 38.0 Å². The van der Waals surface area contributed by atoms with Gasteiger partial charge in [-0.2, -0.15) is 0 Å². The van der Waals surface area contributed by atoms with E-state index < -0.39 is 16.1 Å². The third-order valence-electron chi connectivity index (χ3n) is 4.40. The van der Waals surface area contributed by atoms with Crippen LogP contribution in [-0.2, 0) is 10.0 Å². The number of hydrogen-bond donors (Lipinski definition) is 1. The van der Waals surface area contributed by atoms with Crippen LogP contribution in [0.5, 0.6) is 0 Å². The molecule has 0 bridgehead atoms. The van der Waals surface area contributed by atoms with Gasteiger partial charge in [0.05, 0.1) is 4.90 Å². The summed E-state index contributed by atoms with van der Waals surface area (Å²) in [5.41, 5.74) is 1.92. The number of hydrogen-bond acceptors (Lipinski definition) is 5. The van der Waals surface area contributed by atoms with Gasteiger partial charge in [0.15, 0.2) is 0 Å². The van der Waals surface area contributed by atoms with Crippen LogP contribution < -0.4 is 14.5 Å². The number of carbonyl (C=O) groups is 1. The first kappa shape index (κ1) is 18.2. The van der Waals surface area contributed by atoms with Crippen LogP contribution in [0.3, 0.4) is 0 Å². The third-order valence-corrected chi connectivity index (χ3v) is 5.74. The molecule has 2 heterocycles. The van der Waals surface area contributed by atoms with E-state index in [1.54, 1.807) is 24.4 Å². The number of amides is 2. The van der Waals surface area contributed by atoms with E-state index in [1.165, 1.54) is 24.1 Å². The van der Waals surface area contributed by atoms with Crippen LogP contribution in [0.4, 0.5) is 16.3 Å². The Bertz CT molecular complexity index is 891. The summed E-state index contributed by atoms with van der Waals surface area (Å²) in [4.78, 5) is 20.1. The molecule has 7 nitrogen and oxygen atoms in total. The fraction of sp³-hybridized carbons (Fsp3) is 0.333. The average Bonchev–Trinajstić information content (AvgIpc) is 3.16. The Kier molecular flexibility index (Phi) is 5.13. The second-order valence-electron chi connectivity index (χ2n) is 6.35. The van der Waals surface area contributed by atoms with E-state index in [4.69, 9.17) is 0 Å². The van der Waals surface area contributed by atoms with E-state index in [0.29, 0.717) is 5.82 Å². The fourth-order valence-corrected chi connectivity index (χ4v) is 3.81. The molecule has 3 rings (SSSR count). The van der Waals surface area contributed by atoms with Gasteiger partial charge in [-0.15, -0.1) is 0 Å². The molecule has 1 aromatic heterocycles. The second-order valence-corrected chi connectivity index (χ2v) is 8.03. The molecular weight excluding hydrogens is 352 g/mol. The van der Waals surface area contributed by atoms with Gasteiger partial charge in [-0.25, -0.2) is 22.9 Å². The zero-order valence-electron chi connectivity index (χ0n) is 14.8. The Balaban J connectivity index is 1.75. The van der Waals surface area contributed by atoms with Crippen LogP contribution in [0.25, 0.3) is 0 Å². The van der Waals surface area contributed by atoms with Gasteiger partial charge in [0, 0.05) is 38.1 Å². The lowest BCUT2D eigenvalue weighted by molar-refractivity contribution is 0.252. The molecule has 26 heavy (non-hydrogen) atoms. The average molecular weight is 374 g/mol. The normalized spacial score (nSPS) is 14.3. The van der Waals surface area contributed by atoms with Crippen LogP contribution in [0, 0.1) is 6.92 Å². The molecule has 0 radical (unpaired) electrons. The lowest BCUT2D eigenvalue weighted by Crippen LogP contribution is -2.41. The summed E-state index contributed by atoms with van der Waals surface area (Å²) in [7, 11) is -2.44. The Labute approximate surface area is 153 Å². The molecule has 2 amide bonds. The van der Waals surface area contributed by atoms with E-state index in [1.807, 2.05) is 13.0 Å². The van der Waals surface area contributed by atoms with Gasteiger partial charge in [0.25, 0.3) is 10.0 Å². The minimum Gasteiger partial charge on any atom is -0.371 e. The second kappa shape index (κ2) is 7.33. The quantitative estimate of drug-likeness (QED) is 0.889. The molecule has 1 fully saturated rings. The first-order valence-corrected chi connectivity index (χ1v) is 9.93. The van der Waals surface area contributed by atoms with Crippen LogP contribution in [0.1, 0.15) is 18.4 Å². The number of anilines is 2. The number of aromatic nitrogens is 1. The summed E-state index contributed by atoms with van der Waals surface area (Å²) >= 11 is 0. The van der Waals surface area contributed by atoms with Crippen LogP contribution in [-0.4, -0.2) is 39.6 Å². The summed E-state index contributed by atoms with van der Waals surface area (Å²) < 4.78 is 26.8. The number of nitrogens with zero attached hydrogens (tertiary/aromatic N) is 3. The SMILES string of the molecule is Cc1ccc(S(=O)(=O)NC(=O)N(C)c2cc(N3CCCC3)ccn2)cc1. The first-order valence-electron chi connectivity index (χ1n) is 8.45. The summed E-state index contributed by atoms with van der Waals surface area (Å²) in [6.07, 6.45) is 3.91. The number of rotatable bonds is 4. The van der Waals surface area contributed by atoms with E-state index >= 15 is 0 Å². The summed E-state index contributed by atoms with van der Waals surface area (Å²) in [5, 5.41) is 0. The third kappa shape index (κ3) is 3.96. The maximum absolute atomic E-state index is 12.4. The predicted octanol–water partition coefficient (Wildman–Crippen LogP) is 2.52. The molecule has 0 saturated carbocycles. The number of benzene rings is 1. The van der Waals surface area contributed by atoms with Crippen LogP contribution in [0.15, 0.2) is 47.5 Å². The van der Waals surface area contributed by atoms with Gasteiger partial charge >= 0.3 is 6.03 Å². The lowest BCUT2D eigenvalue weighted by atomic mass is 10.2. The molecule has 1 N–H and O–H groups in total. The molecule has 1 saturated heterocycles. The van der Waals surface area contributed by atoms with Crippen molar-refractivity contribution in [1.82, 2.24) is 9.71 Å². The predicted molar refractivity (Wildman–Crippen MR) is 101 cm³/mol. The summed E-state index contributed by atoms with van der Waals surface area (Å²) in [6, 6.07) is 9.24. The minimum atomic E-state index is -3.93. The van der Waals surface area contributed by atoms with Gasteiger partial charge < -0.3 is 4.90 Å². The minimum absolute atomic E-state index is 0.0450. The van der Waals surface area contributed by atoms with Crippen molar-refractivity contribution in [2.75, 3.05) is 29.9 Å². The molecular formula is C18H22N4O3S. The fourth-order valence-electron chi connectivity index (χ4n) is 2.83. The number of aryl methyl sites for hydroxylation is 1. The zero-order chi connectivity index (χ0) is 18.7. The smallest absolute Gasteiger partial charge is 0.336 e. The van der Waals surface area contributed by atoms with Gasteiger partial charge in [-0.3, -0.25) is 4.90 Å². The van der Waals surface area contributed by atoms with E-state index in [0.717, 1.165) is 37.2 Å². The van der Waals surface area contributed by atoms with Crippen molar-refractivity contribution in [3.05, 3.63) is 48.2 Å². The van der Waals surface area contributed by atoms with Crippen molar-refractivity contribution in [2.24, 2.45) is 0 Å². The molecule has 0 atom stereocenters. The van der Waals surface area contributed by atoms with Crippen LogP contribution in [0.2, 0.25) is 0 Å². The highest BCUT2D eigenvalue weighted by Crippen LogP contribution is 2.23. The Morgan fingerprint density at radius 3 is 2.46 bits per heavy atom. The van der Waals surface area contributed by atoms with E-state index in [2.05, 4.69) is 14.6 Å². The molecule has 0 unspecified atom stereocenters. The maximum atomic E-state index is 12.4. The standard InChI is InChI=1S/C18H22N4O3S/c1-14-5-7-16(8-6-14)26(24,25)20-18(23)21(2)17-13-15(9-10-19-17)22-11-3-4-12-22/h5-10,13H,3-4,11-12H2,1-2H3,(H,20,23). The molecule has 138 valence electrons. The van der Waals surface area contributed by atoms with E-state index in [-0.39, 0.29) is 4.90 Å². The number of sulfonamides is 1. The Morgan fingerprint density at radius 2 is 1.81 bits per heavy atom. The molecule has 1 aromatic carbocycles. The largest absolute Gasteiger partial charge is 0.371 e. The molecule has 0 spiro atoms. The highest BCUT2D eigenvalue weighted by molar-refractivity contribution is 7.90. The Hall–Kier alpha value is -2.61. The summed E-state index contributed by atoms with van der Waals surface area (Å²) in [6.45, 7) is 3.81. The van der Waals surface area contributed by atoms with Crippen molar-refractivity contribution < 1.29 is 13.2 Å². The molecule has 0 aliphatic carbocycles. The number of pyridine rings is 1. The number of urea groups is 1. The topological polar surface area (TPSA) is 82.6 Å². The van der Waals surface area contributed by atoms with Crippen molar-refractivity contribution >= 4 is 27.6 Å². The molecule has 8 heteroatoms. The number of carbonyl (C=O) groups excluding carboxylic acids is 1. The maximum Gasteiger partial charge on any atom is 0.336 e. The van der Waals surface area contributed by atoms with Gasteiger partial charge in [0.2, 0.25) is 0 Å². The molecule has 1 aliphatic rings. The highest BCUT2D eigenvalue weighted by atomic mass is 32.2. The van der Waals surface area contributed by atoms with E-state index in [9.17, 15) is 13.2 Å². The highest BCUT2D eigenvalue weighted by Gasteiger charge is 2.22.